The molecule has 2 aliphatic rings. The highest BCUT2D eigenvalue weighted by molar-refractivity contribution is 9.12. The first-order valence-corrected chi connectivity index (χ1v) is 17.4. The first-order chi connectivity index (χ1) is 22.3. The van der Waals surface area contributed by atoms with Gasteiger partial charge in [-0.3, -0.25) is 29.4 Å². The predicted molar refractivity (Wildman–Crippen MR) is 186 cm³/mol. The van der Waals surface area contributed by atoms with Gasteiger partial charge in [-0.2, -0.15) is 0 Å². The number of esters is 1. The van der Waals surface area contributed by atoms with Crippen molar-refractivity contribution >= 4 is 105 Å². The second-order valence-corrected chi connectivity index (χ2v) is 14.9. The smallest absolute Gasteiger partial charge is 0.339 e. The molecule has 1 aliphatic carbocycles. The van der Waals surface area contributed by atoms with E-state index in [0.717, 1.165) is 6.07 Å². The summed E-state index contributed by atoms with van der Waals surface area (Å²) < 4.78 is 5.93. The summed E-state index contributed by atoms with van der Waals surface area (Å²) in [6.45, 7) is 1.11. The average molecular weight is 849 g/mol. The molecule has 3 aromatic carbocycles. The van der Waals surface area contributed by atoms with Crippen LogP contribution in [0.3, 0.4) is 0 Å². The quantitative estimate of drug-likeness (QED) is 0.0456. The van der Waals surface area contributed by atoms with Crippen molar-refractivity contribution in [3.05, 3.63) is 97.0 Å². The molecule has 2 heterocycles. The normalized spacial score (nSPS) is 20.7. The third kappa shape index (κ3) is 6.26. The molecule has 1 saturated carbocycles. The van der Waals surface area contributed by atoms with Gasteiger partial charge in [-0.15, -0.1) is 0 Å². The van der Waals surface area contributed by atoms with Gasteiger partial charge >= 0.3 is 5.97 Å². The summed E-state index contributed by atoms with van der Waals surface area (Å²) in [5, 5.41) is 12.0. The third-order valence-electron chi connectivity index (χ3n) is 8.49. The summed E-state index contributed by atoms with van der Waals surface area (Å²) in [5.41, 5.74) is 2.34. The van der Waals surface area contributed by atoms with E-state index >= 15 is 0 Å². The van der Waals surface area contributed by atoms with E-state index < -0.39 is 23.3 Å². The Bertz CT molecular complexity index is 1980. The fraction of sp³-hybridized carbons (Fsp3) is 0.242. The zero-order valence-corrected chi connectivity index (χ0v) is 29.9. The van der Waals surface area contributed by atoms with E-state index in [0.29, 0.717) is 55.7 Å². The Kier molecular flexibility index (Phi) is 9.36. The lowest BCUT2D eigenvalue weighted by Crippen LogP contribution is -2.34. The molecule has 4 atom stereocenters. The fourth-order valence-corrected chi connectivity index (χ4v) is 7.90. The lowest BCUT2D eigenvalue weighted by atomic mass is 9.81. The molecule has 0 bridgehead atoms. The Morgan fingerprint density at radius 2 is 1.66 bits per heavy atom. The largest absolute Gasteiger partial charge is 0.454 e. The van der Waals surface area contributed by atoms with Gasteiger partial charge in [0.1, 0.15) is 0 Å². The van der Waals surface area contributed by atoms with Crippen LogP contribution in [0.5, 0.6) is 0 Å². The van der Waals surface area contributed by atoms with Gasteiger partial charge in [-0.05, 0) is 65.5 Å². The van der Waals surface area contributed by atoms with Gasteiger partial charge in [0.15, 0.2) is 6.61 Å². The minimum absolute atomic E-state index is 0.0333. The van der Waals surface area contributed by atoms with Gasteiger partial charge in [-0.25, -0.2) is 9.78 Å². The Morgan fingerprint density at radius 1 is 1.02 bits per heavy atom. The summed E-state index contributed by atoms with van der Waals surface area (Å²) in [6.07, 6.45) is 1.13. The van der Waals surface area contributed by atoms with Crippen LogP contribution in [0.2, 0.25) is 5.02 Å². The highest BCUT2D eigenvalue weighted by Crippen LogP contribution is 2.44. The molecule has 0 N–H and O–H groups in total. The predicted octanol–water partition coefficient (Wildman–Crippen LogP) is 8.00. The number of nitro benzene ring substituents is 1. The van der Waals surface area contributed by atoms with Crippen molar-refractivity contribution in [1.29, 1.82) is 0 Å². The van der Waals surface area contributed by atoms with Gasteiger partial charge in [0, 0.05) is 42.8 Å². The molecule has 0 radical (unpaired) electrons. The number of fused-ring (bicyclic) bond motifs is 2. The number of anilines is 1. The highest BCUT2D eigenvalue weighted by Gasteiger charge is 2.52. The number of carbonyl (C=O) groups excluding carboxylic acids is 4. The summed E-state index contributed by atoms with van der Waals surface area (Å²) in [6, 6.07) is 15.1. The monoisotopic (exact) mass is 845 g/mol. The van der Waals surface area contributed by atoms with E-state index in [-0.39, 0.29) is 50.1 Å². The van der Waals surface area contributed by atoms with Gasteiger partial charge in [0.05, 0.1) is 44.2 Å². The number of hydrogen-bond donors (Lipinski definition) is 0. The number of pyridine rings is 1. The fourth-order valence-electron chi connectivity index (χ4n) is 5.99. The molecule has 14 heteroatoms. The highest BCUT2D eigenvalue weighted by atomic mass is 79.9. The summed E-state index contributed by atoms with van der Waals surface area (Å²) in [4.78, 5) is 69.6. The maximum atomic E-state index is 13.5. The van der Waals surface area contributed by atoms with Crippen molar-refractivity contribution in [3.8, 4) is 11.3 Å². The molecule has 6 rings (SSSR count). The van der Waals surface area contributed by atoms with Gasteiger partial charge in [0.2, 0.25) is 17.6 Å². The number of aromatic nitrogens is 1. The zero-order chi connectivity index (χ0) is 33.7. The van der Waals surface area contributed by atoms with E-state index in [9.17, 15) is 29.3 Å². The van der Waals surface area contributed by atoms with Crippen molar-refractivity contribution in [2.45, 2.75) is 29.4 Å². The number of ketones is 1. The number of non-ortho nitro benzene ring substituents is 1. The van der Waals surface area contributed by atoms with E-state index in [1.807, 2.05) is 0 Å². The number of amides is 2. The average Bonchev–Trinajstić information content (AvgIpc) is 3.30. The van der Waals surface area contributed by atoms with E-state index in [1.165, 1.54) is 29.2 Å². The van der Waals surface area contributed by atoms with E-state index in [1.54, 1.807) is 37.3 Å². The Hall–Kier alpha value is -3.52. The number of Topliss-reactive ketones (excluding diaryl/α,β-unsaturated/α-hetero) is 1. The Labute approximate surface area is 298 Å². The number of imide groups is 1. The number of carbonyl (C=O) groups is 4. The molecule has 10 nitrogen and oxygen atoms in total. The van der Waals surface area contributed by atoms with Crippen LogP contribution >= 0.6 is 59.4 Å². The number of ether oxygens (including phenoxy) is 1. The number of rotatable bonds is 7. The maximum Gasteiger partial charge on any atom is 0.339 e. The lowest BCUT2D eigenvalue weighted by molar-refractivity contribution is -0.384. The molecule has 4 unspecified atom stereocenters. The van der Waals surface area contributed by atoms with Crippen LogP contribution in [0.4, 0.5) is 11.4 Å². The van der Waals surface area contributed by atoms with Crippen molar-refractivity contribution in [2.75, 3.05) is 11.5 Å². The zero-order valence-electron chi connectivity index (χ0n) is 24.4. The third-order valence-corrected chi connectivity index (χ3v) is 12.6. The molecule has 47 heavy (non-hydrogen) atoms. The van der Waals surface area contributed by atoms with Crippen molar-refractivity contribution < 1.29 is 28.8 Å². The molecule has 240 valence electrons. The summed E-state index contributed by atoms with van der Waals surface area (Å²) >= 11 is 17.2. The second-order valence-electron chi connectivity index (χ2n) is 11.3. The molecule has 1 aliphatic heterocycles. The lowest BCUT2D eigenvalue weighted by Gasteiger charge is -2.29. The van der Waals surface area contributed by atoms with Crippen LogP contribution in [-0.2, 0) is 14.3 Å². The number of alkyl halides is 2. The molecule has 1 saturated heterocycles. The summed E-state index contributed by atoms with van der Waals surface area (Å²) in [7, 11) is 0. The number of benzene rings is 3. The van der Waals surface area contributed by atoms with Crippen molar-refractivity contribution in [2.24, 2.45) is 11.8 Å². The second kappa shape index (κ2) is 13.2. The molecule has 1 aromatic heterocycles. The number of hydrogen-bond acceptors (Lipinski definition) is 8. The molecule has 4 aromatic rings. The van der Waals surface area contributed by atoms with E-state index in [2.05, 4.69) is 47.8 Å². The molecular formula is C33H23Br3ClN3O7. The molecule has 2 amide bonds. The van der Waals surface area contributed by atoms with Gasteiger partial charge in [-0.1, -0.05) is 67.7 Å². The van der Waals surface area contributed by atoms with Crippen LogP contribution in [0.15, 0.2) is 65.1 Å². The number of nitro groups is 1. The van der Waals surface area contributed by atoms with Crippen LogP contribution in [0.25, 0.3) is 22.2 Å². The van der Waals surface area contributed by atoms with Gasteiger partial charge < -0.3 is 4.74 Å². The van der Waals surface area contributed by atoms with Crippen LogP contribution in [0, 0.1) is 28.9 Å². The number of nitrogens with zero attached hydrogens (tertiary/aromatic N) is 3. The number of aryl methyl sites for hydroxylation is 1. The standard InChI is InChI=1S/C33H23Br3ClN3O7/c1-15-29(37)26(36)10-20-23(33(44)47-14-28(41)17-3-2-4-19(9-17)40(45)46)13-27(38-30(15)20)16-5-7-18(8-6-16)39-31(42)21-11-24(34)25(35)12-22(21)32(39)43/h2-10,13,21-22,24-25H,11-12,14H2,1H3. The first kappa shape index (κ1) is 33.4. The summed E-state index contributed by atoms with van der Waals surface area (Å²) in [5.74, 6) is -2.63. The topological polar surface area (TPSA) is 137 Å². The molecular weight excluding hydrogens is 826 g/mol. The number of halogens is 4. The van der Waals surface area contributed by atoms with Crippen LogP contribution in [-0.4, -0.2) is 49.7 Å². The Balaban J connectivity index is 1.31. The maximum absolute atomic E-state index is 13.5. The van der Waals surface area contributed by atoms with Crippen LogP contribution in [0.1, 0.15) is 39.1 Å². The van der Waals surface area contributed by atoms with Crippen molar-refractivity contribution in [3.63, 3.8) is 0 Å². The minimum Gasteiger partial charge on any atom is -0.454 e. The molecule has 0 spiro atoms. The molecule has 2 fully saturated rings. The van der Waals surface area contributed by atoms with Crippen molar-refractivity contribution in [1.82, 2.24) is 4.98 Å². The first-order valence-electron chi connectivity index (χ1n) is 14.4. The van der Waals surface area contributed by atoms with Gasteiger partial charge in [0.25, 0.3) is 5.69 Å². The van der Waals surface area contributed by atoms with Crippen LogP contribution < -0.4 is 4.90 Å². The Morgan fingerprint density at radius 3 is 2.28 bits per heavy atom. The SMILES string of the molecule is Cc1c(Cl)c(Br)cc2c(C(=O)OCC(=O)c3cccc([N+](=O)[O-])c3)cc(-c3ccc(N4C(=O)C5CC(Br)C(Br)CC5C4=O)cc3)nc12. The van der Waals surface area contributed by atoms with E-state index in [4.69, 9.17) is 21.3 Å². The minimum atomic E-state index is -0.811.